The summed E-state index contributed by atoms with van der Waals surface area (Å²) in [5.74, 6) is 0. The summed E-state index contributed by atoms with van der Waals surface area (Å²) in [5, 5.41) is 0. The van der Waals surface area contributed by atoms with Crippen LogP contribution in [0.2, 0.25) is 0 Å². The molecule has 0 amide bonds. The molecule has 1 aliphatic rings. The van der Waals surface area contributed by atoms with Gasteiger partial charge in [0.25, 0.3) is 0 Å². The SMILES string of the molecule is CC.CN1C=C(Cn2ccnc2)c2ccccc2C1. The highest BCUT2D eigenvalue weighted by Gasteiger charge is 2.14. The van der Waals surface area contributed by atoms with Gasteiger partial charge in [0.15, 0.2) is 0 Å². The Hall–Kier alpha value is -2.03. The van der Waals surface area contributed by atoms with Crippen molar-refractivity contribution in [3.8, 4) is 0 Å². The minimum Gasteiger partial charge on any atom is -0.376 e. The van der Waals surface area contributed by atoms with Gasteiger partial charge in [-0.1, -0.05) is 38.1 Å². The largest absolute Gasteiger partial charge is 0.376 e. The van der Waals surface area contributed by atoms with E-state index >= 15 is 0 Å². The third-order valence-corrected chi connectivity index (χ3v) is 3.07. The van der Waals surface area contributed by atoms with Gasteiger partial charge < -0.3 is 9.47 Å². The number of benzene rings is 1. The lowest BCUT2D eigenvalue weighted by Crippen LogP contribution is -2.18. The Bertz CT molecular complexity index is 541. The number of rotatable bonds is 2. The van der Waals surface area contributed by atoms with E-state index in [4.69, 9.17) is 0 Å². The number of allylic oxidation sites excluding steroid dienone is 1. The van der Waals surface area contributed by atoms with Crippen molar-refractivity contribution >= 4 is 5.57 Å². The van der Waals surface area contributed by atoms with Crippen LogP contribution in [-0.4, -0.2) is 21.5 Å². The van der Waals surface area contributed by atoms with Crippen molar-refractivity contribution in [1.82, 2.24) is 14.5 Å². The first-order valence-corrected chi connectivity index (χ1v) is 6.78. The van der Waals surface area contributed by atoms with Gasteiger partial charge in [-0.05, 0) is 16.7 Å². The van der Waals surface area contributed by atoms with Crippen LogP contribution >= 0.6 is 0 Å². The van der Waals surface area contributed by atoms with E-state index in [1.54, 1.807) is 0 Å². The fourth-order valence-corrected chi connectivity index (χ4v) is 2.32. The Morgan fingerprint density at radius 3 is 2.74 bits per heavy atom. The van der Waals surface area contributed by atoms with Gasteiger partial charge in [-0.3, -0.25) is 0 Å². The summed E-state index contributed by atoms with van der Waals surface area (Å²) in [7, 11) is 2.11. The summed E-state index contributed by atoms with van der Waals surface area (Å²) in [6.07, 6.45) is 7.90. The van der Waals surface area contributed by atoms with Crippen molar-refractivity contribution in [3.63, 3.8) is 0 Å². The summed E-state index contributed by atoms with van der Waals surface area (Å²) in [6.45, 7) is 5.87. The normalized spacial score (nSPS) is 13.2. The fourth-order valence-electron chi connectivity index (χ4n) is 2.32. The molecule has 19 heavy (non-hydrogen) atoms. The lowest BCUT2D eigenvalue weighted by Gasteiger charge is -2.25. The number of fused-ring (bicyclic) bond motifs is 1. The summed E-state index contributed by atoms with van der Waals surface area (Å²) in [4.78, 5) is 6.32. The Balaban J connectivity index is 0.000000637. The molecule has 3 rings (SSSR count). The zero-order chi connectivity index (χ0) is 13.7. The Morgan fingerprint density at radius 1 is 1.21 bits per heavy atom. The van der Waals surface area contributed by atoms with Crippen LogP contribution in [0.3, 0.4) is 0 Å². The third kappa shape index (κ3) is 3.05. The first-order valence-electron chi connectivity index (χ1n) is 6.78. The van der Waals surface area contributed by atoms with Gasteiger partial charge in [0, 0.05) is 32.2 Å². The predicted octanol–water partition coefficient (Wildman–Crippen LogP) is 3.40. The summed E-state index contributed by atoms with van der Waals surface area (Å²) >= 11 is 0. The van der Waals surface area contributed by atoms with Crippen molar-refractivity contribution < 1.29 is 0 Å². The van der Waals surface area contributed by atoms with Gasteiger partial charge >= 0.3 is 0 Å². The lowest BCUT2D eigenvalue weighted by molar-refractivity contribution is 0.443. The molecule has 1 aliphatic heterocycles. The van der Waals surface area contributed by atoms with Crippen LogP contribution in [0.1, 0.15) is 25.0 Å². The van der Waals surface area contributed by atoms with Crippen LogP contribution in [0.15, 0.2) is 49.2 Å². The van der Waals surface area contributed by atoms with Gasteiger partial charge in [0.05, 0.1) is 12.9 Å². The molecule has 0 bridgehead atoms. The van der Waals surface area contributed by atoms with E-state index in [1.807, 2.05) is 32.6 Å². The lowest BCUT2D eigenvalue weighted by atomic mass is 9.97. The fraction of sp³-hybridized carbons (Fsp3) is 0.312. The molecule has 0 fully saturated rings. The molecule has 0 aliphatic carbocycles. The maximum Gasteiger partial charge on any atom is 0.0949 e. The van der Waals surface area contributed by atoms with E-state index in [-0.39, 0.29) is 0 Å². The average Bonchev–Trinajstić information content (AvgIpc) is 2.94. The minimum atomic E-state index is 0.876. The summed E-state index contributed by atoms with van der Waals surface area (Å²) in [6, 6.07) is 8.61. The van der Waals surface area contributed by atoms with Gasteiger partial charge in [-0.2, -0.15) is 0 Å². The molecule has 1 aromatic heterocycles. The molecule has 0 saturated heterocycles. The van der Waals surface area contributed by atoms with E-state index in [1.165, 1.54) is 16.7 Å². The van der Waals surface area contributed by atoms with Crippen LogP contribution in [0.5, 0.6) is 0 Å². The number of aromatic nitrogens is 2. The topological polar surface area (TPSA) is 21.1 Å². The van der Waals surface area contributed by atoms with Crippen LogP contribution in [0, 0.1) is 0 Å². The van der Waals surface area contributed by atoms with Crippen molar-refractivity contribution in [2.75, 3.05) is 7.05 Å². The highest BCUT2D eigenvalue weighted by atomic mass is 15.1. The molecule has 2 aromatic rings. The van der Waals surface area contributed by atoms with E-state index in [0.717, 1.165) is 13.1 Å². The highest BCUT2D eigenvalue weighted by Crippen LogP contribution is 2.26. The molecular formula is C16H21N3. The van der Waals surface area contributed by atoms with E-state index in [2.05, 4.69) is 52.0 Å². The average molecular weight is 255 g/mol. The standard InChI is InChI=1S/C14H15N3.C2H6/c1-16-8-12-4-2-3-5-14(12)13(9-16)10-17-7-6-15-11-17;1-2/h2-7,9,11H,8,10H2,1H3;1-2H3. The Morgan fingerprint density at radius 2 is 2.00 bits per heavy atom. The smallest absolute Gasteiger partial charge is 0.0949 e. The van der Waals surface area contributed by atoms with Gasteiger partial charge in [-0.15, -0.1) is 0 Å². The first-order chi connectivity index (χ1) is 9.33. The molecule has 0 radical (unpaired) electrons. The van der Waals surface area contributed by atoms with Crippen LogP contribution in [0.4, 0.5) is 0 Å². The Labute approximate surface area is 115 Å². The maximum absolute atomic E-state index is 4.08. The third-order valence-electron chi connectivity index (χ3n) is 3.07. The molecule has 1 aromatic carbocycles. The minimum absolute atomic E-state index is 0.876. The second-order valence-corrected chi connectivity index (χ2v) is 4.46. The maximum atomic E-state index is 4.08. The highest BCUT2D eigenvalue weighted by molar-refractivity contribution is 5.69. The molecule has 100 valence electrons. The summed E-state index contributed by atoms with van der Waals surface area (Å²) in [5.41, 5.74) is 4.10. The second kappa shape index (κ2) is 6.23. The number of imidazole rings is 1. The first kappa shape index (κ1) is 13.4. The number of nitrogens with zero attached hydrogens (tertiary/aromatic N) is 3. The molecule has 0 unspecified atom stereocenters. The molecule has 0 N–H and O–H groups in total. The van der Waals surface area contributed by atoms with Gasteiger partial charge in [0.2, 0.25) is 0 Å². The van der Waals surface area contributed by atoms with Crippen molar-refractivity contribution in [2.45, 2.75) is 26.9 Å². The summed E-state index contributed by atoms with van der Waals surface area (Å²) < 4.78 is 2.10. The molecular weight excluding hydrogens is 234 g/mol. The monoisotopic (exact) mass is 255 g/mol. The quantitative estimate of drug-likeness (QED) is 0.820. The molecule has 3 nitrogen and oxygen atoms in total. The van der Waals surface area contributed by atoms with E-state index < -0.39 is 0 Å². The van der Waals surface area contributed by atoms with Gasteiger partial charge in [-0.25, -0.2) is 4.98 Å². The molecule has 3 heteroatoms. The second-order valence-electron chi connectivity index (χ2n) is 4.46. The molecule has 0 spiro atoms. The van der Waals surface area contributed by atoms with Crippen molar-refractivity contribution in [2.24, 2.45) is 0 Å². The van der Waals surface area contributed by atoms with E-state index in [9.17, 15) is 0 Å². The number of hydrogen-bond acceptors (Lipinski definition) is 2. The number of hydrogen-bond donors (Lipinski definition) is 0. The molecule has 0 saturated carbocycles. The van der Waals surface area contributed by atoms with Gasteiger partial charge in [0.1, 0.15) is 0 Å². The zero-order valence-corrected chi connectivity index (χ0v) is 11.9. The van der Waals surface area contributed by atoms with Crippen LogP contribution in [-0.2, 0) is 13.1 Å². The zero-order valence-electron chi connectivity index (χ0n) is 11.9. The van der Waals surface area contributed by atoms with Crippen LogP contribution < -0.4 is 0 Å². The van der Waals surface area contributed by atoms with E-state index in [0.29, 0.717) is 0 Å². The molecule has 2 heterocycles. The van der Waals surface area contributed by atoms with Crippen molar-refractivity contribution in [3.05, 3.63) is 60.3 Å². The van der Waals surface area contributed by atoms with Crippen molar-refractivity contribution in [1.29, 1.82) is 0 Å². The Kier molecular flexibility index (Phi) is 4.39. The molecule has 0 atom stereocenters. The van der Waals surface area contributed by atoms with Crippen LogP contribution in [0.25, 0.3) is 5.57 Å². The predicted molar refractivity (Wildman–Crippen MR) is 79.5 cm³/mol.